The first-order valence-corrected chi connectivity index (χ1v) is 5.60. The number of halogens is 6. The minimum Gasteiger partial charge on any atom is -0.778 e. The first kappa shape index (κ1) is 15.7. The Balaban J connectivity index is 5.04. The molecular formula is C6H8F6O3P-. The quantitative estimate of drug-likeness (QED) is 0.584. The Morgan fingerprint density at radius 3 is 1.94 bits per heavy atom. The van der Waals surface area contributed by atoms with E-state index in [9.17, 15) is 35.8 Å². The molecule has 0 aliphatic rings. The van der Waals surface area contributed by atoms with Gasteiger partial charge in [-0.25, -0.2) is 0 Å². The van der Waals surface area contributed by atoms with E-state index in [-0.39, 0.29) is 0 Å². The van der Waals surface area contributed by atoms with Crippen molar-refractivity contribution >= 4 is 7.60 Å². The molecule has 2 unspecified atom stereocenters. The highest BCUT2D eigenvalue weighted by atomic mass is 31.2. The summed E-state index contributed by atoms with van der Waals surface area (Å²) in [5.41, 5.74) is -3.56. The van der Waals surface area contributed by atoms with Crippen LogP contribution < -0.4 is 4.89 Å². The lowest BCUT2D eigenvalue weighted by atomic mass is 10.3. The van der Waals surface area contributed by atoms with Crippen LogP contribution in [0.1, 0.15) is 13.3 Å². The van der Waals surface area contributed by atoms with Crippen LogP contribution in [0.5, 0.6) is 0 Å². The molecule has 98 valence electrons. The summed E-state index contributed by atoms with van der Waals surface area (Å²) in [5, 5.41) is 0. The second kappa shape index (κ2) is 4.93. The molecule has 0 saturated carbocycles. The third-order valence-electron chi connectivity index (χ3n) is 1.49. The second-order valence-corrected chi connectivity index (χ2v) is 4.80. The van der Waals surface area contributed by atoms with Crippen LogP contribution in [0.15, 0.2) is 0 Å². The van der Waals surface area contributed by atoms with Gasteiger partial charge in [-0.15, -0.1) is 0 Å². The Hall–Kier alpha value is -0.270. The van der Waals surface area contributed by atoms with Gasteiger partial charge in [0.15, 0.2) is 0 Å². The highest BCUT2D eigenvalue weighted by Gasteiger charge is 2.52. The van der Waals surface area contributed by atoms with Crippen molar-refractivity contribution in [3.63, 3.8) is 0 Å². The van der Waals surface area contributed by atoms with Gasteiger partial charge < -0.3 is 14.0 Å². The van der Waals surface area contributed by atoms with Crippen LogP contribution in [0, 0.1) is 0 Å². The monoisotopic (exact) mass is 273 g/mol. The average Bonchev–Trinajstić information content (AvgIpc) is 1.96. The lowest BCUT2D eigenvalue weighted by molar-refractivity contribution is -0.230. The van der Waals surface area contributed by atoms with Crippen LogP contribution in [0.4, 0.5) is 26.3 Å². The number of alkyl halides is 6. The third kappa shape index (κ3) is 5.18. The van der Waals surface area contributed by atoms with Crippen LogP contribution in [-0.2, 0) is 9.09 Å². The molecule has 0 aromatic carbocycles. The lowest BCUT2D eigenvalue weighted by Gasteiger charge is -2.33. The van der Waals surface area contributed by atoms with Gasteiger partial charge in [0.2, 0.25) is 0 Å². The van der Waals surface area contributed by atoms with Gasteiger partial charge in [-0.2, -0.15) is 26.3 Å². The van der Waals surface area contributed by atoms with Gasteiger partial charge in [-0.3, -0.25) is 0 Å². The molecule has 0 aliphatic carbocycles. The molecule has 3 nitrogen and oxygen atoms in total. The Labute approximate surface area is 86.9 Å². The predicted molar refractivity (Wildman–Crippen MR) is 39.7 cm³/mol. The predicted octanol–water partition coefficient (Wildman–Crippen LogP) is 2.46. The molecule has 0 amide bonds. The highest BCUT2D eigenvalue weighted by molar-refractivity contribution is 7.52. The molecule has 0 aliphatic heterocycles. The van der Waals surface area contributed by atoms with Gasteiger partial charge >= 0.3 is 12.4 Å². The van der Waals surface area contributed by atoms with Crippen LogP contribution in [-0.4, -0.2) is 24.6 Å². The van der Waals surface area contributed by atoms with E-state index in [1.165, 1.54) is 0 Å². The van der Waals surface area contributed by atoms with Gasteiger partial charge in [-0.1, -0.05) is 0 Å². The van der Waals surface area contributed by atoms with E-state index in [0.717, 1.165) is 6.92 Å². The van der Waals surface area contributed by atoms with Crippen molar-refractivity contribution in [3.05, 3.63) is 0 Å². The van der Waals surface area contributed by atoms with Crippen molar-refractivity contribution in [3.8, 4) is 0 Å². The molecule has 2 atom stereocenters. The van der Waals surface area contributed by atoms with E-state index in [0.29, 0.717) is 0 Å². The zero-order valence-electron chi connectivity index (χ0n) is 7.93. The molecule has 0 aromatic rings. The fraction of sp³-hybridized carbons (Fsp3) is 1.00. The summed E-state index contributed by atoms with van der Waals surface area (Å²) in [4.78, 5) is 10.8. The number of hydrogen-bond donors (Lipinski definition) is 0. The summed E-state index contributed by atoms with van der Waals surface area (Å²) in [7, 11) is -5.62. The van der Waals surface area contributed by atoms with Crippen LogP contribution in [0.25, 0.3) is 0 Å². The minimum absolute atomic E-state index is 0.648. The molecule has 0 N–H and O–H groups in total. The Kier molecular flexibility index (Phi) is 4.85. The van der Waals surface area contributed by atoms with E-state index in [1.54, 1.807) is 0 Å². The topological polar surface area (TPSA) is 49.4 Å². The fourth-order valence-corrected chi connectivity index (χ4v) is 2.22. The molecule has 0 aromatic heterocycles. The van der Waals surface area contributed by atoms with Crippen LogP contribution in [0.2, 0.25) is 0 Å². The number of hydrogen-bond acceptors (Lipinski definition) is 3. The molecule has 10 heteroatoms. The Bertz CT molecular complexity index is 272. The summed E-state index contributed by atoms with van der Waals surface area (Å²) in [6.07, 6.45) is -13.3. The van der Waals surface area contributed by atoms with Crippen molar-refractivity contribution in [2.45, 2.75) is 31.4 Å². The smallest absolute Gasteiger partial charge is 0.399 e. The maximum Gasteiger partial charge on any atom is 0.399 e. The molecule has 0 bridgehead atoms. The summed E-state index contributed by atoms with van der Waals surface area (Å²) in [5.74, 6) is 0. The van der Waals surface area contributed by atoms with Gasteiger partial charge in [-0.05, 0) is 6.92 Å². The molecule has 0 heterocycles. The van der Waals surface area contributed by atoms with E-state index in [1.807, 2.05) is 0 Å². The summed E-state index contributed by atoms with van der Waals surface area (Å²) >= 11 is 0. The minimum atomic E-state index is -5.62. The maximum atomic E-state index is 12.1. The third-order valence-corrected chi connectivity index (χ3v) is 3.35. The van der Waals surface area contributed by atoms with Crippen molar-refractivity contribution in [2.24, 2.45) is 0 Å². The van der Waals surface area contributed by atoms with E-state index >= 15 is 0 Å². The van der Waals surface area contributed by atoms with E-state index < -0.39 is 38.6 Å². The van der Waals surface area contributed by atoms with Gasteiger partial charge in [0, 0.05) is 0 Å². The van der Waals surface area contributed by atoms with Crippen LogP contribution in [0.3, 0.4) is 0 Å². The Morgan fingerprint density at radius 2 is 1.69 bits per heavy atom. The normalized spacial score (nSPS) is 19.2. The van der Waals surface area contributed by atoms with Crippen LogP contribution >= 0.6 is 7.60 Å². The second-order valence-electron chi connectivity index (χ2n) is 2.83. The van der Waals surface area contributed by atoms with Gasteiger partial charge in [0.25, 0.3) is 0 Å². The van der Waals surface area contributed by atoms with Crippen molar-refractivity contribution in [1.29, 1.82) is 0 Å². The SMILES string of the molecule is CCOP(=O)([O-])C(CC(F)(F)F)C(F)(F)F. The first-order chi connectivity index (χ1) is 6.90. The zero-order valence-corrected chi connectivity index (χ0v) is 8.83. The first-order valence-electron chi connectivity index (χ1n) is 3.99. The van der Waals surface area contributed by atoms with E-state index in [2.05, 4.69) is 4.52 Å². The Morgan fingerprint density at radius 1 is 1.25 bits per heavy atom. The van der Waals surface area contributed by atoms with Crippen molar-refractivity contribution < 1.29 is 40.3 Å². The largest absolute Gasteiger partial charge is 0.778 e. The standard InChI is InChI=1S/C6H9F6O3P/c1-2-15-16(13,14)4(6(10,11)12)3-5(7,8)9/h4H,2-3H2,1H3,(H,13,14)/p-1. The molecule has 0 radical (unpaired) electrons. The molecule has 0 rings (SSSR count). The summed E-state index contributed by atoms with van der Waals surface area (Å²) in [6, 6.07) is 0. The van der Waals surface area contributed by atoms with E-state index in [4.69, 9.17) is 0 Å². The fourth-order valence-electron chi connectivity index (χ4n) is 0.896. The van der Waals surface area contributed by atoms with Crippen molar-refractivity contribution in [2.75, 3.05) is 6.61 Å². The average molecular weight is 273 g/mol. The number of rotatable bonds is 4. The molecule has 0 fully saturated rings. The van der Waals surface area contributed by atoms with Crippen molar-refractivity contribution in [1.82, 2.24) is 0 Å². The molecule has 0 saturated heterocycles. The highest BCUT2D eigenvalue weighted by Crippen LogP contribution is 2.53. The summed E-state index contributed by atoms with van der Waals surface area (Å²) < 4.78 is 86.3. The molecule has 16 heavy (non-hydrogen) atoms. The molecular weight excluding hydrogens is 265 g/mol. The summed E-state index contributed by atoms with van der Waals surface area (Å²) in [6.45, 7) is 0.413. The van der Waals surface area contributed by atoms with Gasteiger partial charge in [0.1, 0.15) is 13.3 Å². The molecule has 0 spiro atoms. The maximum absolute atomic E-state index is 12.1. The van der Waals surface area contributed by atoms with Gasteiger partial charge in [0.05, 0.1) is 13.0 Å². The zero-order chi connectivity index (χ0) is 13.2. The lowest BCUT2D eigenvalue weighted by Crippen LogP contribution is -2.37.